The van der Waals surface area contributed by atoms with Crippen LogP contribution in [0.1, 0.15) is 52.9 Å². The maximum Gasteiger partial charge on any atom is 0.257 e. The van der Waals surface area contributed by atoms with E-state index in [9.17, 15) is 13.2 Å². The first kappa shape index (κ1) is 21.3. The van der Waals surface area contributed by atoms with Crippen LogP contribution in [0.3, 0.4) is 0 Å². The first-order valence-electron chi connectivity index (χ1n) is 9.79. The Hall–Kier alpha value is -2.38. The number of benzene rings is 2. The predicted molar refractivity (Wildman–Crippen MR) is 113 cm³/mol. The topological polar surface area (TPSA) is 75.7 Å². The van der Waals surface area contributed by atoms with Gasteiger partial charge >= 0.3 is 0 Å². The Balaban J connectivity index is 1.91. The molecule has 0 aromatic heterocycles. The average Bonchev–Trinajstić information content (AvgIpc) is 3.23. The van der Waals surface area contributed by atoms with Crippen LogP contribution in [0.15, 0.2) is 41.3 Å². The van der Waals surface area contributed by atoms with Crippen LogP contribution in [-0.4, -0.2) is 39.4 Å². The predicted octanol–water partition coefficient (Wildman–Crippen LogP) is 3.59. The van der Waals surface area contributed by atoms with Crippen LogP contribution in [-0.2, 0) is 10.0 Å². The molecule has 3 rings (SSSR count). The molecule has 0 bridgehead atoms. The van der Waals surface area contributed by atoms with E-state index in [2.05, 4.69) is 4.72 Å². The molecule has 1 fully saturated rings. The zero-order valence-corrected chi connectivity index (χ0v) is 18.2. The van der Waals surface area contributed by atoms with E-state index in [1.54, 1.807) is 11.0 Å². The van der Waals surface area contributed by atoms with Crippen molar-refractivity contribution in [1.29, 1.82) is 0 Å². The number of carbonyl (C=O) groups is 1. The maximum atomic E-state index is 13.0. The van der Waals surface area contributed by atoms with E-state index in [0.29, 0.717) is 18.8 Å². The number of rotatable bonds is 6. The lowest BCUT2D eigenvalue weighted by molar-refractivity contribution is 0.0789. The van der Waals surface area contributed by atoms with Gasteiger partial charge in [0, 0.05) is 19.1 Å². The molecule has 0 radical (unpaired) electrons. The maximum absolute atomic E-state index is 13.0. The summed E-state index contributed by atoms with van der Waals surface area (Å²) in [5.41, 5.74) is 3.29. The summed E-state index contributed by atoms with van der Waals surface area (Å²) < 4.78 is 34.1. The fourth-order valence-electron chi connectivity index (χ4n) is 3.70. The van der Waals surface area contributed by atoms with Gasteiger partial charge in [0.25, 0.3) is 5.91 Å². The van der Waals surface area contributed by atoms with Crippen LogP contribution in [0.2, 0.25) is 0 Å². The van der Waals surface area contributed by atoms with Gasteiger partial charge in [0.05, 0.1) is 17.6 Å². The molecular formula is C22H28N2O4S. The van der Waals surface area contributed by atoms with Gasteiger partial charge in [-0.25, -0.2) is 13.1 Å². The van der Waals surface area contributed by atoms with E-state index >= 15 is 0 Å². The standard InChI is InChI=1S/C22H28N2O4S/c1-15-7-8-16(2)19(13-15)17(3)23-29(26,27)18-9-10-21(28-4)20(14-18)22(25)24-11-5-6-12-24/h7-10,13-14,17,23H,5-6,11-12H2,1-4H3. The van der Waals surface area contributed by atoms with Gasteiger partial charge in [-0.3, -0.25) is 4.79 Å². The van der Waals surface area contributed by atoms with Crippen molar-refractivity contribution < 1.29 is 17.9 Å². The lowest BCUT2D eigenvalue weighted by Crippen LogP contribution is -2.30. The van der Waals surface area contributed by atoms with E-state index in [1.165, 1.54) is 19.2 Å². The molecule has 29 heavy (non-hydrogen) atoms. The number of hydrogen-bond donors (Lipinski definition) is 1. The van der Waals surface area contributed by atoms with E-state index in [0.717, 1.165) is 29.5 Å². The number of nitrogens with zero attached hydrogens (tertiary/aromatic N) is 1. The summed E-state index contributed by atoms with van der Waals surface area (Å²) in [4.78, 5) is 14.7. The molecule has 1 aliphatic heterocycles. The van der Waals surface area contributed by atoms with Gasteiger partial charge in [0.1, 0.15) is 5.75 Å². The molecule has 0 spiro atoms. The van der Waals surface area contributed by atoms with Crippen LogP contribution in [0.25, 0.3) is 0 Å². The Labute approximate surface area is 172 Å². The van der Waals surface area contributed by atoms with E-state index in [4.69, 9.17) is 4.74 Å². The minimum atomic E-state index is -3.82. The van der Waals surface area contributed by atoms with E-state index in [1.807, 2.05) is 39.0 Å². The van der Waals surface area contributed by atoms with Crippen LogP contribution in [0.5, 0.6) is 5.75 Å². The third-order valence-electron chi connectivity index (χ3n) is 5.34. The molecule has 2 aromatic carbocycles. The number of nitrogens with one attached hydrogen (secondary N) is 1. The van der Waals surface area contributed by atoms with Gasteiger partial charge in [-0.1, -0.05) is 23.8 Å². The number of ether oxygens (including phenoxy) is 1. The molecule has 1 saturated heterocycles. The van der Waals surface area contributed by atoms with Crippen molar-refractivity contribution in [1.82, 2.24) is 9.62 Å². The average molecular weight is 417 g/mol. The third-order valence-corrected chi connectivity index (χ3v) is 6.88. The molecular weight excluding hydrogens is 388 g/mol. The molecule has 2 aromatic rings. The molecule has 156 valence electrons. The zero-order chi connectivity index (χ0) is 21.2. The van der Waals surface area contributed by atoms with Gasteiger partial charge in [-0.05, 0) is 62.9 Å². The van der Waals surface area contributed by atoms with Gasteiger partial charge in [-0.2, -0.15) is 0 Å². The molecule has 1 aliphatic rings. The quantitative estimate of drug-likeness (QED) is 0.781. The first-order chi connectivity index (χ1) is 13.7. The van der Waals surface area contributed by atoms with Crippen molar-refractivity contribution in [2.45, 2.75) is 44.6 Å². The number of amides is 1. The summed E-state index contributed by atoms with van der Waals surface area (Å²) >= 11 is 0. The summed E-state index contributed by atoms with van der Waals surface area (Å²) in [6.07, 6.45) is 1.92. The molecule has 1 heterocycles. The minimum Gasteiger partial charge on any atom is -0.496 e. The minimum absolute atomic E-state index is 0.0537. The third kappa shape index (κ3) is 4.62. The molecule has 0 aliphatic carbocycles. The summed E-state index contributed by atoms with van der Waals surface area (Å²) in [6.45, 7) is 7.12. The highest BCUT2D eigenvalue weighted by molar-refractivity contribution is 7.89. The van der Waals surface area contributed by atoms with E-state index in [-0.39, 0.29) is 16.4 Å². The Morgan fingerprint density at radius 2 is 1.79 bits per heavy atom. The summed E-state index contributed by atoms with van der Waals surface area (Å²) in [7, 11) is -2.34. The Bertz CT molecular complexity index is 1010. The van der Waals surface area contributed by atoms with Crippen LogP contribution >= 0.6 is 0 Å². The second kappa shape index (κ2) is 8.55. The number of sulfonamides is 1. The SMILES string of the molecule is COc1ccc(S(=O)(=O)NC(C)c2cc(C)ccc2C)cc1C(=O)N1CCCC1. The van der Waals surface area contributed by atoms with Crippen molar-refractivity contribution in [2.24, 2.45) is 0 Å². The summed E-state index contributed by atoms with van der Waals surface area (Å²) in [5.74, 6) is 0.183. The number of methoxy groups -OCH3 is 1. The zero-order valence-electron chi connectivity index (χ0n) is 17.4. The molecule has 1 atom stereocenters. The second-order valence-electron chi connectivity index (χ2n) is 7.56. The fourth-order valence-corrected chi connectivity index (χ4v) is 4.95. The number of carbonyl (C=O) groups excluding carboxylic acids is 1. The Kier molecular flexibility index (Phi) is 6.29. The van der Waals surface area contributed by atoms with Crippen molar-refractivity contribution in [3.05, 3.63) is 58.7 Å². The smallest absolute Gasteiger partial charge is 0.257 e. The lowest BCUT2D eigenvalue weighted by Gasteiger charge is -2.20. The van der Waals surface area contributed by atoms with Crippen molar-refractivity contribution in [3.63, 3.8) is 0 Å². The highest BCUT2D eigenvalue weighted by Crippen LogP contribution is 2.27. The monoisotopic (exact) mass is 416 g/mol. The summed E-state index contributed by atoms with van der Waals surface area (Å²) in [5, 5.41) is 0. The molecule has 0 saturated carbocycles. The number of aryl methyl sites for hydroxylation is 2. The van der Waals surface area contributed by atoms with Crippen LogP contribution in [0, 0.1) is 13.8 Å². The largest absolute Gasteiger partial charge is 0.496 e. The first-order valence-corrected chi connectivity index (χ1v) is 11.3. The molecule has 1 amide bonds. The van der Waals surface area contributed by atoms with Gasteiger partial charge in [0.2, 0.25) is 10.0 Å². The lowest BCUT2D eigenvalue weighted by atomic mass is 10.0. The van der Waals surface area contributed by atoms with Crippen molar-refractivity contribution in [2.75, 3.05) is 20.2 Å². The van der Waals surface area contributed by atoms with Crippen molar-refractivity contribution >= 4 is 15.9 Å². The number of likely N-dealkylation sites (tertiary alicyclic amines) is 1. The number of hydrogen-bond acceptors (Lipinski definition) is 4. The Morgan fingerprint density at radius 3 is 2.45 bits per heavy atom. The van der Waals surface area contributed by atoms with Crippen LogP contribution < -0.4 is 9.46 Å². The highest BCUT2D eigenvalue weighted by Gasteiger charge is 2.26. The van der Waals surface area contributed by atoms with E-state index < -0.39 is 16.1 Å². The van der Waals surface area contributed by atoms with Gasteiger partial charge in [-0.15, -0.1) is 0 Å². The van der Waals surface area contributed by atoms with Crippen molar-refractivity contribution in [3.8, 4) is 5.75 Å². The van der Waals surface area contributed by atoms with Gasteiger partial charge in [0.15, 0.2) is 0 Å². The summed E-state index contributed by atoms with van der Waals surface area (Å²) in [6, 6.07) is 9.99. The van der Waals surface area contributed by atoms with Crippen LogP contribution in [0.4, 0.5) is 0 Å². The second-order valence-corrected chi connectivity index (χ2v) is 9.28. The molecule has 1 N–H and O–H groups in total. The Morgan fingerprint density at radius 1 is 1.10 bits per heavy atom. The van der Waals surface area contributed by atoms with Gasteiger partial charge < -0.3 is 9.64 Å². The highest BCUT2D eigenvalue weighted by atomic mass is 32.2. The molecule has 7 heteroatoms. The fraction of sp³-hybridized carbons (Fsp3) is 0.409. The molecule has 1 unspecified atom stereocenters. The normalized spacial score (nSPS) is 15.4. The molecule has 6 nitrogen and oxygen atoms in total.